The normalized spacial score (nSPS) is 11.6. The monoisotopic (exact) mass is 278 g/mol. The summed E-state index contributed by atoms with van der Waals surface area (Å²) in [6.45, 7) is 1.67. The predicted molar refractivity (Wildman–Crippen MR) is 59.5 cm³/mol. The van der Waals surface area contributed by atoms with E-state index >= 15 is 0 Å². The Balaban J connectivity index is 3.50. The number of benzene rings is 1. The van der Waals surface area contributed by atoms with Gasteiger partial charge in [-0.3, -0.25) is 0 Å². The lowest BCUT2D eigenvalue weighted by atomic mass is 10.2. The standard InChI is InChI=1S/C8H11BrN2O2S/c1-5-7(10)3-6(9)4-8(5)14(12,13)11-2/h3-4,11H,10H2,1-2H3. The summed E-state index contributed by atoms with van der Waals surface area (Å²) in [5.41, 5.74) is 6.66. The molecule has 0 aromatic heterocycles. The van der Waals surface area contributed by atoms with E-state index in [1.165, 1.54) is 13.1 Å². The third-order valence-corrected chi connectivity index (χ3v) is 3.92. The molecule has 0 fully saturated rings. The number of halogens is 1. The average molecular weight is 279 g/mol. The van der Waals surface area contributed by atoms with Crippen LogP contribution in [-0.2, 0) is 10.0 Å². The number of hydrogen-bond donors (Lipinski definition) is 2. The number of anilines is 1. The van der Waals surface area contributed by atoms with Crippen LogP contribution in [0.25, 0.3) is 0 Å². The molecular weight excluding hydrogens is 268 g/mol. The molecule has 0 spiro atoms. The number of hydrogen-bond acceptors (Lipinski definition) is 3. The second kappa shape index (κ2) is 3.88. The van der Waals surface area contributed by atoms with Crippen molar-refractivity contribution < 1.29 is 8.42 Å². The van der Waals surface area contributed by atoms with Crippen LogP contribution >= 0.6 is 15.9 Å². The molecule has 0 bridgehead atoms. The maximum atomic E-state index is 11.5. The van der Waals surface area contributed by atoms with Gasteiger partial charge in [0.1, 0.15) is 0 Å². The molecule has 3 N–H and O–H groups in total. The van der Waals surface area contributed by atoms with Crippen molar-refractivity contribution in [3.05, 3.63) is 22.2 Å². The summed E-state index contributed by atoms with van der Waals surface area (Å²) in [6, 6.07) is 3.20. The molecule has 14 heavy (non-hydrogen) atoms. The number of sulfonamides is 1. The zero-order valence-electron chi connectivity index (χ0n) is 7.83. The Hall–Kier alpha value is -0.590. The highest BCUT2D eigenvalue weighted by atomic mass is 79.9. The van der Waals surface area contributed by atoms with Crippen LogP contribution in [0.4, 0.5) is 5.69 Å². The van der Waals surface area contributed by atoms with Gasteiger partial charge in [0.05, 0.1) is 4.90 Å². The Bertz CT molecular complexity index is 457. The van der Waals surface area contributed by atoms with Crippen LogP contribution in [0.5, 0.6) is 0 Å². The van der Waals surface area contributed by atoms with E-state index in [2.05, 4.69) is 20.7 Å². The fourth-order valence-electron chi connectivity index (χ4n) is 1.06. The zero-order valence-corrected chi connectivity index (χ0v) is 10.2. The number of nitrogens with two attached hydrogens (primary N) is 1. The number of rotatable bonds is 2. The van der Waals surface area contributed by atoms with E-state index in [0.29, 0.717) is 15.7 Å². The Morgan fingerprint density at radius 3 is 2.50 bits per heavy atom. The molecule has 0 amide bonds. The van der Waals surface area contributed by atoms with Crippen molar-refractivity contribution in [3.8, 4) is 0 Å². The van der Waals surface area contributed by atoms with Crippen molar-refractivity contribution in [2.24, 2.45) is 0 Å². The molecule has 0 unspecified atom stereocenters. The summed E-state index contributed by atoms with van der Waals surface area (Å²) in [6.07, 6.45) is 0. The first kappa shape index (κ1) is 11.5. The van der Waals surface area contributed by atoms with E-state index in [9.17, 15) is 8.42 Å². The molecule has 0 radical (unpaired) electrons. The van der Waals surface area contributed by atoms with Crippen LogP contribution in [-0.4, -0.2) is 15.5 Å². The molecule has 1 rings (SSSR count). The van der Waals surface area contributed by atoms with Gasteiger partial charge < -0.3 is 5.73 Å². The second-order valence-electron chi connectivity index (χ2n) is 2.83. The lowest BCUT2D eigenvalue weighted by molar-refractivity contribution is 0.587. The first-order valence-corrected chi connectivity index (χ1v) is 6.15. The summed E-state index contributed by atoms with van der Waals surface area (Å²) >= 11 is 3.20. The van der Waals surface area contributed by atoms with E-state index in [1.807, 2.05) is 0 Å². The third-order valence-electron chi connectivity index (χ3n) is 1.92. The zero-order chi connectivity index (χ0) is 10.9. The molecule has 0 aliphatic carbocycles. The van der Waals surface area contributed by atoms with Gasteiger partial charge in [-0.05, 0) is 31.7 Å². The van der Waals surface area contributed by atoms with Gasteiger partial charge in [0.15, 0.2) is 0 Å². The Morgan fingerprint density at radius 1 is 1.43 bits per heavy atom. The molecule has 0 heterocycles. The van der Waals surface area contributed by atoms with E-state index < -0.39 is 10.0 Å². The number of nitrogen functional groups attached to an aromatic ring is 1. The quantitative estimate of drug-likeness (QED) is 0.800. The van der Waals surface area contributed by atoms with E-state index in [-0.39, 0.29) is 4.90 Å². The molecule has 6 heteroatoms. The fraction of sp³-hybridized carbons (Fsp3) is 0.250. The highest BCUT2D eigenvalue weighted by molar-refractivity contribution is 9.10. The van der Waals surface area contributed by atoms with Crippen LogP contribution in [0.3, 0.4) is 0 Å². The predicted octanol–water partition coefficient (Wildman–Crippen LogP) is 1.25. The van der Waals surface area contributed by atoms with Crippen LogP contribution in [0, 0.1) is 6.92 Å². The van der Waals surface area contributed by atoms with Gasteiger partial charge in [-0.2, -0.15) is 0 Å². The maximum absolute atomic E-state index is 11.5. The van der Waals surface area contributed by atoms with Crippen LogP contribution < -0.4 is 10.5 Å². The Morgan fingerprint density at radius 2 is 2.00 bits per heavy atom. The van der Waals surface area contributed by atoms with Gasteiger partial charge in [-0.1, -0.05) is 15.9 Å². The maximum Gasteiger partial charge on any atom is 0.240 e. The molecule has 1 aromatic carbocycles. The van der Waals surface area contributed by atoms with Crippen molar-refractivity contribution in [2.75, 3.05) is 12.8 Å². The molecule has 1 aromatic rings. The van der Waals surface area contributed by atoms with E-state index in [1.54, 1.807) is 13.0 Å². The molecule has 0 aliphatic rings. The summed E-state index contributed by atoms with van der Waals surface area (Å²) in [4.78, 5) is 0.201. The van der Waals surface area contributed by atoms with Gasteiger partial charge in [0.25, 0.3) is 0 Å². The first-order chi connectivity index (χ1) is 6.38. The molecule has 0 saturated heterocycles. The molecule has 0 atom stereocenters. The summed E-state index contributed by atoms with van der Waals surface area (Å²) in [7, 11) is -2.07. The minimum Gasteiger partial charge on any atom is -0.398 e. The highest BCUT2D eigenvalue weighted by Crippen LogP contribution is 2.25. The Kier molecular flexibility index (Phi) is 3.18. The summed E-state index contributed by atoms with van der Waals surface area (Å²) < 4.78 is 26.0. The minimum atomic E-state index is -3.43. The minimum absolute atomic E-state index is 0.201. The Labute approximate surface area is 91.7 Å². The lowest BCUT2D eigenvalue weighted by Gasteiger charge is -2.09. The van der Waals surface area contributed by atoms with E-state index in [0.717, 1.165) is 0 Å². The highest BCUT2D eigenvalue weighted by Gasteiger charge is 2.16. The molecular formula is C8H11BrN2O2S. The van der Waals surface area contributed by atoms with Crippen molar-refractivity contribution >= 4 is 31.6 Å². The van der Waals surface area contributed by atoms with Crippen molar-refractivity contribution in [3.63, 3.8) is 0 Å². The smallest absolute Gasteiger partial charge is 0.240 e. The van der Waals surface area contributed by atoms with Crippen LogP contribution in [0.2, 0.25) is 0 Å². The fourth-order valence-corrected chi connectivity index (χ4v) is 2.71. The summed E-state index contributed by atoms with van der Waals surface area (Å²) in [5, 5.41) is 0. The van der Waals surface area contributed by atoms with Crippen molar-refractivity contribution in [1.29, 1.82) is 0 Å². The van der Waals surface area contributed by atoms with Gasteiger partial charge in [0.2, 0.25) is 10.0 Å². The van der Waals surface area contributed by atoms with Crippen molar-refractivity contribution in [1.82, 2.24) is 4.72 Å². The summed E-state index contributed by atoms with van der Waals surface area (Å²) in [5.74, 6) is 0. The van der Waals surface area contributed by atoms with Crippen molar-refractivity contribution in [2.45, 2.75) is 11.8 Å². The van der Waals surface area contributed by atoms with Gasteiger partial charge >= 0.3 is 0 Å². The topological polar surface area (TPSA) is 72.2 Å². The SMILES string of the molecule is CNS(=O)(=O)c1cc(Br)cc(N)c1C. The lowest BCUT2D eigenvalue weighted by Crippen LogP contribution is -2.20. The molecule has 0 aliphatic heterocycles. The largest absolute Gasteiger partial charge is 0.398 e. The van der Waals surface area contributed by atoms with Gasteiger partial charge in [0, 0.05) is 10.2 Å². The van der Waals surface area contributed by atoms with Gasteiger partial charge in [-0.15, -0.1) is 0 Å². The van der Waals surface area contributed by atoms with E-state index in [4.69, 9.17) is 5.73 Å². The number of nitrogens with one attached hydrogen (secondary N) is 1. The van der Waals surface area contributed by atoms with Gasteiger partial charge in [-0.25, -0.2) is 13.1 Å². The van der Waals surface area contributed by atoms with Crippen LogP contribution in [0.15, 0.2) is 21.5 Å². The molecule has 78 valence electrons. The molecule has 0 saturated carbocycles. The third kappa shape index (κ3) is 2.08. The van der Waals surface area contributed by atoms with Crippen LogP contribution in [0.1, 0.15) is 5.56 Å². The average Bonchev–Trinajstić information content (AvgIpc) is 2.11. The second-order valence-corrected chi connectivity index (χ2v) is 5.60. The molecule has 4 nitrogen and oxygen atoms in total. The first-order valence-electron chi connectivity index (χ1n) is 3.87.